The summed E-state index contributed by atoms with van der Waals surface area (Å²) in [7, 11) is 1.57. The number of halogens is 2. The molecule has 0 fully saturated rings. The summed E-state index contributed by atoms with van der Waals surface area (Å²) in [6.07, 6.45) is 0. The number of anilines is 2. The third kappa shape index (κ3) is 3.49. The molecule has 0 saturated carbocycles. The van der Waals surface area contributed by atoms with E-state index in [9.17, 15) is 4.79 Å². The van der Waals surface area contributed by atoms with E-state index < -0.39 is 0 Å². The number of amides is 1. The first-order valence-corrected chi connectivity index (χ1v) is 7.30. The van der Waals surface area contributed by atoms with Gasteiger partial charge < -0.3 is 15.8 Å². The molecule has 0 bridgehead atoms. The fraction of sp³-hybridized carbons (Fsp3) is 0.133. The maximum atomic E-state index is 12.3. The van der Waals surface area contributed by atoms with Crippen molar-refractivity contribution < 1.29 is 9.53 Å². The van der Waals surface area contributed by atoms with Crippen molar-refractivity contribution in [2.75, 3.05) is 18.2 Å². The van der Waals surface area contributed by atoms with Gasteiger partial charge in [-0.2, -0.15) is 0 Å². The molecule has 0 aliphatic carbocycles. The van der Waals surface area contributed by atoms with E-state index in [0.29, 0.717) is 32.2 Å². The highest BCUT2D eigenvalue weighted by Gasteiger charge is 2.11. The molecular weight excluding hydrogens is 356 g/mol. The minimum absolute atomic E-state index is 0.234. The Hall–Kier alpha value is -1.72. The third-order valence-corrected chi connectivity index (χ3v) is 3.95. The van der Waals surface area contributed by atoms with E-state index in [-0.39, 0.29) is 5.91 Å². The summed E-state index contributed by atoms with van der Waals surface area (Å²) in [4.78, 5) is 12.3. The van der Waals surface area contributed by atoms with Gasteiger partial charge in [0.25, 0.3) is 5.91 Å². The second kappa shape index (κ2) is 6.37. The van der Waals surface area contributed by atoms with Gasteiger partial charge >= 0.3 is 0 Å². The van der Waals surface area contributed by atoms with Crippen molar-refractivity contribution in [1.82, 2.24) is 0 Å². The molecule has 6 heteroatoms. The summed E-state index contributed by atoms with van der Waals surface area (Å²) in [5.41, 5.74) is 8.19. The minimum atomic E-state index is -0.234. The summed E-state index contributed by atoms with van der Waals surface area (Å²) >= 11 is 9.33. The van der Waals surface area contributed by atoms with Crippen molar-refractivity contribution in [2.45, 2.75) is 6.92 Å². The van der Waals surface area contributed by atoms with Crippen LogP contribution in [0.1, 0.15) is 15.9 Å². The number of nitrogen functional groups attached to an aromatic ring is 1. The van der Waals surface area contributed by atoms with Crippen molar-refractivity contribution in [3.63, 3.8) is 0 Å². The van der Waals surface area contributed by atoms with Crippen molar-refractivity contribution in [3.05, 3.63) is 51.0 Å². The Bertz CT molecular complexity index is 704. The third-order valence-electron chi connectivity index (χ3n) is 3.01. The summed E-state index contributed by atoms with van der Waals surface area (Å²) in [5, 5.41) is 3.23. The molecule has 0 radical (unpaired) electrons. The van der Waals surface area contributed by atoms with Crippen molar-refractivity contribution in [3.8, 4) is 5.75 Å². The van der Waals surface area contributed by atoms with Gasteiger partial charge in [-0.05, 0) is 58.7 Å². The first kappa shape index (κ1) is 15.7. The molecule has 0 aliphatic rings. The standard InChI is InChI=1S/C15H14BrClN2O2/c1-8-5-12(18)11(17)7-13(8)19-15(20)9-3-4-14(21-2)10(16)6-9/h3-7H,18H2,1-2H3,(H,19,20). The Morgan fingerprint density at radius 3 is 2.67 bits per heavy atom. The summed E-state index contributed by atoms with van der Waals surface area (Å²) in [5.74, 6) is 0.431. The summed E-state index contributed by atoms with van der Waals surface area (Å²) < 4.78 is 5.85. The van der Waals surface area contributed by atoms with E-state index in [1.54, 1.807) is 37.4 Å². The predicted octanol–water partition coefficient (Wildman–Crippen LogP) is 4.25. The van der Waals surface area contributed by atoms with Crippen LogP contribution in [0.25, 0.3) is 0 Å². The first-order chi connectivity index (χ1) is 9.92. The molecule has 110 valence electrons. The Kier molecular flexibility index (Phi) is 4.75. The highest BCUT2D eigenvalue weighted by atomic mass is 79.9. The number of nitrogens with two attached hydrogens (primary N) is 1. The highest BCUT2D eigenvalue weighted by molar-refractivity contribution is 9.10. The molecule has 2 aromatic rings. The first-order valence-electron chi connectivity index (χ1n) is 6.13. The quantitative estimate of drug-likeness (QED) is 0.795. The molecule has 0 aromatic heterocycles. The van der Waals surface area contributed by atoms with Crippen LogP contribution in [0.2, 0.25) is 5.02 Å². The molecular formula is C15H14BrClN2O2. The van der Waals surface area contributed by atoms with E-state index in [1.165, 1.54) is 0 Å². The van der Waals surface area contributed by atoms with E-state index in [4.69, 9.17) is 22.1 Å². The summed E-state index contributed by atoms with van der Waals surface area (Å²) in [6, 6.07) is 8.47. The lowest BCUT2D eigenvalue weighted by Gasteiger charge is -2.11. The Labute approximate surface area is 136 Å². The number of aryl methyl sites for hydroxylation is 1. The molecule has 2 rings (SSSR count). The van der Waals surface area contributed by atoms with Gasteiger partial charge in [0, 0.05) is 11.3 Å². The molecule has 0 aliphatic heterocycles. The van der Waals surface area contributed by atoms with Crippen LogP contribution in [0.4, 0.5) is 11.4 Å². The molecule has 0 atom stereocenters. The van der Waals surface area contributed by atoms with E-state index in [0.717, 1.165) is 5.56 Å². The zero-order valence-electron chi connectivity index (χ0n) is 11.5. The Morgan fingerprint density at radius 2 is 2.05 bits per heavy atom. The van der Waals surface area contributed by atoms with Crippen molar-refractivity contribution in [2.24, 2.45) is 0 Å². The number of methoxy groups -OCH3 is 1. The number of hydrogen-bond acceptors (Lipinski definition) is 3. The fourth-order valence-corrected chi connectivity index (χ4v) is 2.54. The van der Waals surface area contributed by atoms with Crippen LogP contribution in [-0.4, -0.2) is 13.0 Å². The number of carbonyl (C=O) groups excluding carboxylic acids is 1. The molecule has 0 spiro atoms. The largest absolute Gasteiger partial charge is 0.496 e. The number of rotatable bonds is 3. The smallest absolute Gasteiger partial charge is 0.255 e. The maximum absolute atomic E-state index is 12.3. The molecule has 4 nitrogen and oxygen atoms in total. The summed E-state index contributed by atoms with van der Waals surface area (Å²) in [6.45, 7) is 1.85. The molecule has 0 saturated heterocycles. The lowest BCUT2D eigenvalue weighted by Crippen LogP contribution is -2.13. The molecule has 3 N–H and O–H groups in total. The van der Waals surface area contributed by atoms with Gasteiger partial charge in [-0.25, -0.2) is 0 Å². The van der Waals surface area contributed by atoms with E-state index in [2.05, 4.69) is 21.2 Å². The van der Waals surface area contributed by atoms with Crippen LogP contribution in [0.3, 0.4) is 0 Å². The lowest BCUT2D eigenvalue weighted by atomic mass is 10.1. The van der Waals surface area contributed by atoms with E-state index >= 15 is 0 Å². The minimum Gasteiger partial charge on any atom is -0.496 e. The number of nitrogens with one attached hydrogen (secondary N) is 1. The number of ether oxygens (including phenoxy) is 1. The van der Waals surface area contributed by atoms with Gasteiger partial charge in [0.2, 0.25) is 0 Å². The van der Waals surface area contributed by atoms with Crippen LogP contribution < -0.4 is 15.8 Å². The van der Waals surface area contributed by atoms with Crippen LogP contribution in [-0.2, 0) is 0 Å². The zero-order chi connectivity index (χ0) is 15.6. The van der Waals surface area contributed by atoms with Crippen LogP contribution >= 0.6 is 27.5 Å². The van der Waals surface area contributed by atoms with Gasteiger partial charge in [-0.1, -0.05) is 11.6 Å². The van der Waals surface area contributed by atoms with Gasteiger partial charge in [-0.15, -0.1) is 0 Å². The second-order valence-electron chi connectivity index (χ2n) is 4.49. The monoisotopic (exact) mass is 368 g/mol. The second-order valence-corrected chi connectivity index (χ2v) is 5.75. The van der Waals surface area contributed by atoms with Gasteiger partial charge in [-0.3, -0.25) is 4.79 Å². The lowest BCUT2D eigenvalue weighted by molar-refractivity contribution is 0.102. The Balaban J connectivity index is 2.26. The molecule has 21 heavy (non-hydrogen) atoms. The van der Waals surface area contributed by atoms with Crippen molar-refractivity contribution in [1.29, 1.82) is 0 Å². The van der Waals surface area contributed by atoms with E-state index in [1.807, 2.05) is 6.92 Å². The average Bonchev–Trinajstić information content (AvgIpc) is 2.44. The van der Waals surface area contributed by atoms with Crippen molar-refractivity contribution >= 4 is 44.8 Å². The molecule has 0 unspecified atom stereocenters. The normalized spacial score (nSPS) is 10.3. The van der Waals surface area contributed by atoms with Crippen LogP contribution in [0.15, 0.2) is 34.8 Å². The van der Waals surface area contributed by atoms with Gasteiger partial charge in [0.05, 0.1) is 22.3 Å². The number of benzene rings is 2. The van der Waals surface area contributed by atoms with Gasteiger partial charge in [0.15, 0.2) is 0 Å². The molecule has 0 heterocycles. The zero-order valence-corrected chi connectivity index (χ0v) is 13.9. The van der Waals surface area contributed by atoms with Gasteiger partial charge in [0.1, 0.15) is 5.75 Å². The predicted molar refractivity (Wildman–Crippen MR) is 89.2 cm³/mol. The molecule has 1 amide bonds. The fourth-order valence-electron chi connectivity index (χ4n) is 1.84. The SMILES string of the molecule is COc1ccc(C(=O)Nc2cc(Cl)c(N)cc2C)cc1Br. The number of carbonyl (C=O) groups is 1. The number of hydrogen-bond donors (Lipinski definition) is 2. The Morgan fingerprint density at radius 1 is 1.33 bits per heavy atom. The van der Waals surface area contributed by atoms with Crippen LogP contribution in [0.5, 0.6) is 5.75 Å². The average molecular weight is 370 g/mol. The maximum Gasteiger partial charge on any atom is 0.255 e. The molecule has 2 aromatic carbocycles. The highest BCUT2D eigenvalue weighted by Crippen LogP contribution is 2.28. The van der Waals surface area contributed by atoms with Crippen LogP contribution in [0, 0.1) is 6.92 Å². The topological polar surface area (TPSA) is 64.3 Å².